The van der Waals surface area contributed by atoms with Gasteiger partial charge < -0.3 is 58.3 Å². The highest BCUT2D eigenvalue weighted by Gasteiger charge is 2.53. The first-order valence-electron chi connectivity index (χ1n) is 29.3. The molecule has 2 bridgehead atoms. The summed E-state index contributed by atoms with van der Waals surface area (Å²) in [6, 6.07) is -1.15. The normalized spacial score (nSPS) is 37.4. The van der Waals surface area contributed by atoms with Gasteiger partial charge in [-0.2, -0.15) is 0 Å². The van der Waals surface area contributed by atoms with Crippen molar-refractivity contribution in [3.05, 3.63) is 47.6 Å². The second-order valence-electron chi connectivity index (χ2n) is 23.5. The van der Waals surface area contributed by atoms with Crippen LogP contribution in [0.5, 0.6) is 0 Å². The summed E-state index contributed by atoms with van der Waals surface area (Å²) in [5.41, 5.74) is 1.25. The third-order valence-electron chi connectivity index (χ3n) is 17.3. The van der Waals surface area contributed by atoms with Gasteiger partial charge in [-0.3, -0.25) is 19.2 Å². The van der Waals surface area contributed by atoms with Crippen LogP contribution in [0.15, 0.2) is 47.6 Å². The molecule has 442 valence electrons. The summed E-state index contributed by atoms with van der Waals surface area (Å²) in [6.07, 6.45) is 14.5. The summed E-state index contributed by atoms with van der Waals surface area (Å²) in [5.74, 6) is -7.99. The molecule has 1 aliphatic carbocycles. The van der Waals surface area contributed by atoms with Gasteiger partial charge in [-0.1, -0.05) is 71.1 Å². The Kier molecular flexibility index (Phi) is 27.0. The molecule has 78 heavy (non-hydrogen) atoms. The SMILES string of the molecule is COCCOC1C[C@@H]2CC[C@@H](C)[C@@](O)(O2)C(=O)C(=O)N2CCCCC2C(=O)O[C@H]([C@H](C)C[C@@H]2CC[C@@H](OCCCN3CCC(O)CC3)[C@H](OC)C2)CC(=O)[C@H](C)/C=C(\C)[C@@H](O)[C@@H](OC)C(=O)[C@H](C)C[C@H](C)/C=C/C=C/C=C/1C. The Balaban J connectivity index is 1.41. The first-order valence-corrected chi connectivity index (χ1v) is 29.3. The minimum absolute atomic E-state index is 0.000955. The molecule has 5 aliphatic rings. The summed E-state index contributed by atoms with van der Waals surface area (Å²) in [7, 11) is 4.67. The molecule has 17 heteroatoms. The van der Waals surface area contributed by atoms with E-state index in [-0.39, 0.29) is 80.0 Å². The van der Waals surface area contributed by atoms with Crippen molar-refractivity contribution in [2.75, 3.05) is 67.3 Å². The monoisotopic (exact) mass is 1100 g/mol. The van der Waals surface area contributed by atoms with E-state index in [1.165, 1.54) is 12.0 Å². The Bertz CT molecular complexity index is 2050. The summed E-state index contributed by atoms with van der Waals surface area (Å²) in [5, 5.41) is 33.6. The summed E-state index contributed by atoms with van der Waals surface area (Å²) in [6.45, 7) is 16.8. The van der Waals surface area contributed by atoms with E-state index in [4.69, 9.17) is 33.2 Å². The van der Waals surface area contributed by atoms with Crippen LogP contribution in [-0.2, 0) is 57.1 Å². The lowest BCUT2D eigenvalue weighted by atomic mass is 9.78. The van der Waals surface area contributed by atoms with E-state index in [0.29, 0.717) is 63.7 Å². The first-order chi connectivity index (χ1) is 37.2. The number of ether oxygens (including phenoxy) is 7. The van der Waals surface area contributed by atoms with Crippen molar-refractivity contribution in [1.82, 2.24) is 9.80 Å². The zero-order chi connectivity index (χ0) is 57.1. The second kappa shape index (κ2) is 32.2. The van der Waals surface area contributed by atoms with Gasteiger partial charge >= 0.3 is 5.97 Å². The number of likely N-dealkylation sites (tertiary alicyclic amines) is 1. The molecular formula is C61H98N2O15. The minimum Gasteiger partial charge on any atom is -0.460 e. The van der Waals surface area contributed by atoms with Crippen LogP contribution in [0.4, 0.5) is 0 Å². The Labute approximate surface area is 465 Å². The number of aliphatic hydroxyl groups excluding tert-OH is 2. The fraction of sp³-hybridized carbons (Fsp3) is 0.787. The molecule has 1 saturated carbocycles. The minimum atomic E-state index is -2.46. The van der Waals surface area contributed by atoms with E-state index in [1.807, 2.05) is 58.1 Å². The number of rotatable bonds is 14. The average molecular weight is 1100 g/mol. The van der Waals surface area contributed by atoms with Crippen molar-refractivity contribution in [2.45, 2.75) is 205 Å². The lowest BCUT2D eigenvalue weighted by molar-refractivity contribution is -0.266. The Hall–Kier alpha value is -3.49. The maximum absolute atomic E-state index is 14.7. The summed E-state index contributed by atoms with van der Waals surface area (Å²) < 4.78 is 42.3. The number of allylic oxidation sites excluding steroid dienone is 6. The molecule has 0 aromatic carbocycles. The molecule has 3 saturated heterocycles. The van der Waals surface area contributed by atoms with Gasteiger partial charge in [-0.15, -0.1) is 0 Å². The highest BCUT2D eigenvalue weighted by molar-refractivity contribution is 6.39. The van der Waals surface area contributed by atoms with Crippen molar-refractivity contribution in [1.29, 1.82) is 0 Å². The third kappa shape index (κ3) is 18.8. The quantitative estimate of drug-likeness (QED) is 0.0686. The molecule has 4 fully saturated rings. The van der Waals surface area contributed by atoms with Crippen LogP contribution in [0.25, 0.3) is 0 Å². The highest BCUT2D eigenvalue weighted by atomic mass is 16.6. The smallest absolute Gasteiger partial charge is 0.329 e. The van der Waals surface area contributed by atoms with Crippen LogP contribution in [0.2, 0.25) is 0 Å². The molecule has 3 N–H and O–H groups in total. The van der Waals surface area contributed by atoms with Gasteiger partial charge in [-0.25, -0.2) is 4.79 Å². The number of piperidine rings is 2. The molecule has 4 aliphatic heterocycles. The fourth-order valence-corrected chi connectivity index (χ4v) is 12.1. The molecule has 0 spiro atoms. The lowest BCUT2D eigenvalue weighted by Gasteiger charge is -2.43. The number of amides is 1. The number of hydrogen-bond acceptors (Lipinski definition) is 16. The molecule has 4 heterocycles. The fourth-order valence-electron chi connectivity index (χ4n) is 12.1. The van der Waals surface area contributed by atoms with Gasteiger partial charge in [0.15, 0.2) is 5.78 Å². The Morgan fingerprint density at radius 3 is 2.23 bits per heavy atom. The highest BCUT2D eigenvalue weighted by Crippen LogP contribution is 2.38. The number of carbonyl (C=O) groups excluding carboxylic acids is 5. The standard InChI is InChI=1S/C61H98N2O15/c1-39-17-12-11-13-18-40(2)52(76-32-31-72-8)37-48-22-20-45(7)61(71,78-48)58(68)59(69)63-27-15-14-19-49(63)60(70)77-53(38-50(65)41(3)34-44(6)56(67)57(74-10)55(66)43(5)33-39)42(4)35-46-21-23-51(54(36-46)73-9)75-30-16-26-62-28-24-47(64)25-29-62/h11-13,17-18,34,39,41-43,45-49,51-54,56-57,64,67,71H,14-16,19-33,35-38H2,1-10H3/b13-11+,17-12+,40-18+,44-34+/t39-,41-,42-,43-,45-,46+,48+,49?,51-,52?,53+,54-,56-,57+,61-/m1/s1. The van der Waals surface area contributed by atoms with Gasteiger partial charge in [0.25, 0.3) is 11.7 Å². The maximum Gasteiger partial charge on any atom is 0.329 e. The van der Waals surface area contributed by atoms with Crippen molar-refractivity contribution in [3.8, 4) is 0 Å². The van der Waals surface area contributed by atoms with E-state index in [2.05, 4.69) is 4.90 Å². The van der Waals surface area contributed by atoms with Crippen LogP contribution in [0.1, 0.15) is 145 Å². The third-order valence-corrected chi connectivity index (χ3v) is 17.3. The van der Waals surface area contributed by atoms with Crippen LogP contribution < -0.4 is 0 Å². The molecule has 0 aromatic rings. The second-order valence-corrected chi connectivity index (χ2v) is 23.5. The number of esters is 1. The molecule has 17 nitrogen and oxygen atoms in total. The van der Waals surface area contributed by atoms with Gasteiger partial charge in [0.05, 0.1) is 43.7 Å². The molecule has 15 atom stereocenters. The average Bonchev–Trinajstić information content (AvgIpc) is 3.46. The van der Waals surface area contributed by atoms with E-state index in [9.17, 15) is 39.3 Å². The van der Waals surface area contributed by atoms with Crippen LogP contribution in [0.3, 0.4) is 0 Å². The van der Waals surface area contributed by atoms with Gasteiger partial charge in [-0.05, 0) is 126 Å². The van der Waals surface area contributed by atoms with E-state index < -0.39 is 77.8 Å². The number of fused-ring (bicyclic) bond motifs is 3. The van der Waals surface area contributed by atoms with Crippen molar-refractivity contribution in [2.24, 2.45) is 35.5 Å². The van der Waals surface area contributed by atoms with Crippen molar-refractivity contribution in [3.63, 3.8) is 0 Å². The number of carbonyl (C=O) groups is 5. The lowest BCUT2D eigenvalue weighted by Crippen LogP contribution is -2.61. The van der Waals surface area contributed by atoms with Crippen molar-refractivity contribution < 1.29 is 72.5 Å². The van der Waals surface area contributed by atoms with E-state index in [0.717, 1.165) is 57.3 Å². The largest absolute Gasteiger partial charge is 0.460 e. The molecule has 1 amide bonds. The molecule has 5 rings (SSSR count). The first kappa shape index (κ1) is 65.3. The summed E-state index contributed by atoms with van der Waals surface area (Å²) >= 11 is 0. The number of hydrogen-bond donors (Lipinski definition) is 3. The van der Waals surface area contributed by atoms with Crippen LogP contribution >= 0.6 is 0 Å². The number of Topliss-reactive ketones (excluding diaryl/α,β-unsaturated/α-hetero) is 3. The molecule has 0 aromatic heterocycles. The molecular weight excluding hydrogens is 1000 g/mol. The van der Waals surface area contributed by atoms with Gasteiger partial charge in [0, 0.05) is 84.7 Å². The van der Waals surface area contributed by atoms with Crippen LogP contribution in [-0.4, -0.2) is 182 Å². The number of nitrogens with zero attached hydrogens (tertiary/aromatic N) is 2. The van der Waals surface area contributed by atoms with E-state index in [1.54, 1.807) is 41.1 Å². The number of cyclic esters (lactones) is 1. The number of methoxy groups -OCH3 is 3. The maximum atomic E-state index is 14.7. The zero-order valence-electron chi connectivity index (χ0n) is 48.8. The molecule has 2 unspecified atom stereocenters. The van der Waals surface area contributed by atoms with Crippen LogP contribution in [0, 0.1) is 35.5 Å². The number of aliphatic hydroxyl groups is 3. The Morgan fingerprint density at radius 1 is 0.782 bits per heavy atom. The van der Waals surface area contributed by atoms with Gasteiger partial charge in [0.1, 0.15) is 30.1 Å². The predicted molar refractivity (Wildman–Crippen MR) is 296 cm³/mol. The predicted octanol–water partition coefficient (Wildman–Crippen LogP) is 7.07. The Morgan fingerprint density at radius 2 is 1.53 bits per heavy atom. The summed E-state index contributed by atoms with van der Waals surface area (Å²) in [4.78, 5) is 75.5. The van der Waals surface area contributed by atoms with Crippen molar-refractivity contribution >= 4 is 29.2 Å². The van der Waals surface area contributed by atoms with Gasteiger partial charge in [0.2, 0.25) is 5.79 Å². The molecule has 0 radical (unpaired) electrons. The topological polar surface area (TPSA) is 217 Å². The number of ketones is 3. The zero-order valence-corrected chi connectivity index (χ0v) is 48.8. The van der Waals surface area contributed by atoms with E-state index >= 15 is 0 Å².